The molecule has 0 saturated heterocycles. The van der Waals surface area contributed by atoms with E-state index in [4.69, 9.17) is 0 Å². The quantitative estimate of drug-likeness (QED) is 0.730. The molecule has 0 radical (unpaired) electrons. The molecule has 1 aromatic carbocycles. The first-order chi connectivity index (χ1) is 8.24. The number of nitrogens with one attached hydrogen (secondary N) is 2. The third kappa shape index (κ3) is 2.21. The summed E-state index contributed by atoms with van der Waals surface area (Å²) in [6.45, 7) is 4.19. The van der Waals surface area contributed by atoms with Gasteiger partial charge >= 0.3 is 0 Å². The van der Waals surface area contributed by atoms with Crippen LogP contribution in [0.4, 0.5) is 11.6 Å². The zero-order valence-corrected chi connectivity index (χ0v) is 11.8. The van der Waals surface area contributed by atoms with Crippen LogP contribution in [0.5, 0.6) is 0 Å². The van der Waals surface area contributed by atoms with Crippen LogP contribution in [0.15, 0.2) is 29.0 Å². The van der Waals surface area contributed by atoms with Crippen molar-refractivity contribution in [1.29, 1.82) is 0 Å². The molecule has 2 N–H and O–H groups in total. The minimum Gasteiger partial charge on any atom is -0.325 e. The summed E-state index contributed by atoms with van der Waals surface area (Å²) in [5.41, 5.74) is 5.69. The van der Waals surface area contributed by atoms with E-state index in [1.54, 1.807) is 11.3 Å². The Bertz CT molecular complexity index is 623. The number of aromatic nitrogens is 2. The van der Waals surface area contributed by atoms with E-state index < -0.39 is 0 Å². The minimum absolute atomic E-state index is 0. The molecule has 0 unspecified atom stereocenters. The van der Waals surface area contributed by atoms with Crippen LogP contribution in [0.25, 0.3) is 11.0 Å². The number of hydrogen-bond acceptors (Lipinski definition) is 3. The molecule has 0 bridgehead atoms. The lowest BCUT2D eigenvalue weighted by Gasteiger charge is -2.09. The first kappa shape index (κ1) is 12.9. The number of fused-ring (bicyclic) bond motifs is 1. The van der Waals surface area contributed by atoms with Gasteiger partial charge < -0.3 is 10.3 Å². The summed E-state index contributed by atoms with van der Waals surface area (Å²) in [6.07, 6.45) is 0. The Kier molecular flexibility index (Phi) is 3.59. The molecular formula is C13H14ClN3S. The van der Waals surface area contributed by atoms with Gasteiger partial charge in [-0.1, -0.05) is 18.2 Å². The molecule has 0 aliphatic heterocycles. The second-order valence-electron chi connectivity index (χ2n) is 4.15. The summed E-state index contributed by atoms with van der Waals surface area (Å²) in [5.74, 6) is 0.806. The van der Waals surface area contributed by atoms with Gasteiger partial charge in [-0.3, -0.25) is 0 Å². The summed E-state index contributed by atoms with van der Waals surface area (Å²) < 4.78 is 0. The van der Waals surface area contributed by atoms with Gasteiger partial charge in [0.2, 0.25) is 5.95 Å². The van der Waals surface area contributed by atoms with Crippen LogP contribution in [0, 0.1) is 13.8 Å². The number of anilines is 2. The zero-order valence-electron chi connectivity index (χ0n) is 10.2. The molecule has 2 heterocycles. The molecule has 0 aliphatic rings. The largest absolute Gasteiger partial charge is 0.325 e. The second-order valence-corrected chi connectivity index (χ2v) is 4.89. The first-order valence-electron chi connectivity index (χ1n) is 5.49. The number of thiophene rings is 1. The maximum Gasteiger partial charge on any atom is 0.205 e. The molecule has 3 rings (SSSR count). The van der Waals surface area contributed by atoms with Gasteiger partial charge in [-0.15, -0.1) is 23.7 Å². The lowest BCUT2D eigenvalue weighted by atomic mass is 10.1. The topological polar surface area (TPSA) is 40.7 Å². The molecule has 0 spiro atoms. The highest BCUT2D eigenvalue weighted by Gasteiger charge is 2.06. The Balaban J connectivity index is 0.00000120. The summed E-state index contributed by atoms with van der Waals surface area (Å²) in [4.78, 5) is 7.76. The molecule has 0 fully saturated rings. The molecule has 0 saturated carbocycles. The Morgan fingerprint density at radius 1 is 1.17 bits per heavy atom. The molecule has 0 aliphatic carbocycles. The molecule has 0 amide bonds. The van der Waals surface area contributed by atoms with E-state index in [9.17, 15) is 0 Å². The Morgan fingerprint density at radius 3 is 2.56 bits per heavy atom. The molecular weight excluding hydrogens is 266 g/mol. The van der Waals surface area contributed by atoms with E-state index in [2.05, 4.69) is 52.7 Å². The Morgan fingerprint density at radius 2 is 1.89 bits per heavy atom. The highest BCUT2D eigenvalue weighted by atomic mass is 35.5. The van der Waals surface area contributed by atoms with Crippen molar-refractivity contribution >= 4 is 46.4 Å². The van der Waals surface area contributed by atoms with Crippen LogP contribution in [-0.2, 0) is 0 Å². The number of aromatic amines is 1. The van der Waals surface area contributed by atoms with Crippen LogP contribution < -0.4 is 5.32 Å². The number of halogens is 1. The third-order valence-corrected chi connectivity index (χ3v) is 3.58. The predicted octanol–water partition coefficient (Wildman–Crippen LogP) is 4.41. The van der Waals surface area contributed by atoms with Gasteiger partial charge in [-0.25, -0.2) is 4.98 Å². The average molecular weight is 280 g/mol. The third-order valence-electron chi connectivity index (χ3n) is 2.85. The maximum atomic E-state index is 4.49. The molecule has 3 aromatic rings. The van der Waals surface area contributed by atoms with Crippen molar-refractivity contribution in [3.8, 4) is 0 Å². The fourth-order valence-electron chi connectivity index (χ4n) is 1.94. The van der Waals surface area contributed by atoms with Crippen LogP contribution in [0.2, 0.25) is 0 Å². The number of hydrogen-bond donors (Lipinski definition) is 2. The second kappa shape index (κ2) is 5.00. The van der Waals surface area contributed by atoms with Gasteiger partial charge in [0.1, 0.15) is 5.52 Å². The smallest absolute Gasteiger partial charge is 0.205 e. The van der Waals surface area contributed by atoms with Crippen LogP contribution in [-0.4, -0.2) is 9.97 Å². The van der Waals surface area contributed by atoms with Gasteiger partial charge in [-0.05, 0) is 25.0 Å². The van der Waals surface area contributed by atoms with Crippen molar-refractivity contribution in [2.75, 3.05) is 5.32 Å². The van der Waals surface area contributed by atoms with Crippen molar-refractivity contribution in [1.82, 2.24) is 9.97 Å². The minimum atomic E-state index is 0. The summed E-state index contributed by atoms with van der Waals surface area (Å²) in [7, 11) is 0. The molecule has 5 heteroatoms. The van der Waals surface area contributed by atoms with E-state index in [0.29, 0.717) is 0 Å². The fourth-order valence-corrected chi connectivity index (χ4v) is 2.63. The molecule has 2 aromatic heterocycles. The van der Waals surface area contributed by atoms with Gasteiger partial charge in [0.25, 0.3) is 0 Å². The van der Waals surface area contributed by atoms with Gasteiger partial charge in [-0.2, -0.15) is 0 Å². The number of imidazole rings is 1. The highest BCUT2D eigenvalue weighted by Crippen LogP contribution is 2.25. The van der Waals surface area contributed by atoms with E-state index in [1.165, 1.54) is 11.1 Å². The standard InChI is InChI=1S/C13H13N3S.ClH/c1-8-4-3-5-9(2)12(8)16-13-14-10-6-17-7-11(10)15-13;/h3-7H,1-2H3,(H2,14,15,16);1H. The normalized spacial score (nSPS) is 10.3. The van der Waals surface area contributed by atoms with Crippen LogP contribution >= 0.6 is 23.7 Å². The number of benzene rings is 1. The van der Waals surface area contributed by atoms with Gasteiger partial charge in [0, 0.05) is 16.4 Å². The number of H-pyrrole nitrogens is 1. The molecule has 94 valence electrons. The highest BCUT2D eigenvalue weighted by molar-refractivity contribution is 7.09. The fraction of sp³-hybridized carbons (Fsp3) is 0.154. The van der Waals surface area contributed by atoms with E-state index >= 15 is 0 Å². The first-order valence-corrected chi connectivity index (χ1v) is 6.43. The van der Waals surface area contributed by atoms with Crippen molar-refractivity contribution in [2.24, 2.45) is 0 Å². The average Bonchev–Trinajstić information content (AvgIpc) is 2.83. The number of nitrogens with zero attached hydrogens (tertiary/aromatic N) is 1. The lowest BCUT2D eigenvalue weighted by Crippen LogP contribution is -1.97. The van der Waals surface area contributed by atoms with E-state index in [0.717, 1.165) is 22.7 Å². The monoisotopic (exact) mass is 279 g/mol. The van der Waals surface area contributed by atoms with Gasteiger partial charge in [0.15, 0.2) is 0 Å². The molecule has 0 atom stereocenters. The van der Waals surface area contributed by atoms with Crippen molar-refractivity contribution < 1.29 is 0 Å². The zero-order chi connectivity index (χ0) is 11.8. The summed E-state index contributed by atoms with van der Waals surface area (Å²) in [5, 5.41) is 7.47. The van der Waals surface area contributed by atoms with Crippen molar-refractivity contribution in [3.05, 3.63) is 40.1 Å². The maximum absolute atomic E-state index is 4.49. The van der Waals surface area contributed by atoms with E-state index in [1.807, 2.05) is 5.38 Å². The van der Waals surface area contributed by atoms with E-state index in [-0.39, 0.29) is 12.4 Å². The number of aryl methyl sites for hydroxylation is 2. The lowest BCUT2D eigenvalue weighted by molar-refractivity contribution is 1.27. The number of rotatable bonds is 2. The summed E-state index contributed by atoms with van der Waals surface area (Å²) in [6, 6.07) is 6.26. The van der Waals surface area contributed by atoms with Gasteiger partial charge in [0.05, 0.1) is 5.52 Å². The Labute approximate surface area is 116 Å². The number of para-hydroxylation sites is 1. The SMILES string of the molecule is Cc1cccc(C)c1Nc1nc2cscc2[nH]1.Cl. The Hall–Kier alpha value is -1.52. The van der Waals surface area contributed by atoms with Crippen LogP contribution in [0.1, 0.15) is 11.1 Å². The molecule has 18 heavy (non-hydrogen) atoms. The van der Waals surface area contributed by atoms with Crippen molar-refractivity contribution in [2.45, 2.75) is 13.8 Å². The summed E-state index contributed by atoms with van der Waals surface area (Å²) >= 11 is 1.66. The van der Waals surface area contributed by atoms with Crippen LogP contribution in [0.3, 0.4) is 0 Å². The molecule has 3 nitrogen and oxygen atoms in total. The van der Waals surface area contributed by atoms with Crippen molar-refractivity contribution in [3.63, 3.8) is 0 Å². The predicted molar refractivity (Wildman–Crippen MR) is 80.4 cm³/mol.